The molecule has 0 bridgehead atoms. The van der Waals surface area contributed by atoms with Gasteiger partial charge in [0, 0.05) is 4.47 Å². The number of rotatable bonds is 5. The maximum absolute atomic E-state index is 13.1. The number of ketones is 1. The number of aromatic nitrogens is 2. The summed E-state index contributed by atoms with van der Waals surface area (Å²) in [6.07, 6.45) is -0.0389. The third-order valence-electron chi connectivity index (χ3n) is 3.73. The van der Waals surface area contributed by atoms with Crippen molar-refractivity contribution in [2.24, 2.45) is 0 Å². The standard InChI is InChI=1S/C18H14BrClN2O3/c1-25-16-5-3-2-4-15(16)22-17(9-12(23)10-20)21-14-7-6-11(19)8-13(14)18(22)24/h2-8H,9-10H2,1H3. The van der Waals surface area contributed by atoms with E-state index in [1.165, 1.54) is 11.7 Å². The molecule has 0 N–H and O–H groups in total. The van der Waals surface area contributed by atoms with E-state index >= 15 is 0 Å². The van der Waals surface area contributed by atoms with Crippen LogP contribution in [0, 0.1) is 0 Å². The topological polar surface area (TPSA) is 61.2 Å². The van der Waals surface area contributed by atoms with E-state index in [4.69, 9.17) is 16.3 Å². The van der Waals surface area contributed by atoms with Gasteiger partial charge in [-0.3, -0.25) is 14.2 Å². The molecular formula is C18H14BrClN2O3. The van der Waals surface area contributed by atoms with Crippen LogP contribution in [0.2, 0.25) is 0 Å². The van der Waals surface area contributed by atoms with E-state index in [0.717, 1.165) is 4.47 Å². The molecule has 25 heavy (non-hydrogen) atoms. The summed E-state index contributed by atoms with van der Waals surface area (Å²) in [5.74, 6) is 0.490. The summed E-state index contributed by atoms with van der Waals surface area (Å²) in [6.45, 7) is 0. The van der Waals surface area contributed by atoms with Crippen molar-refractivity contribution in [3.63, 3.8) is 0 Å². The average molecular weight is 422 g/mol. The van der Waals surface area contributed by atoms with Crippen LogP contribution in [0.4, 0.5) is 0 Å². The Morgan fingerprint density at radius 1 is 1.28 bits per heavy atom. The number of halogens is 2. The van der Waals surface area contributed by atoms with Crippen molar-refractivity contribution in [2.75, 3.05) is 13.0 Å². The van der Waals surface area contributed by atoms with Crippen LogP contribution in [-0.2, 0) is 11.2 Å². The maximum Gasteiger partial charge on any atom is 0.266 e. The van der Waals surface area contributed by atoms with Gasteiger partial charge in [-0.25, -0.2) is 4.98 Å². The van der Waals surface area contributed by atoms with Crippen LogP contribution in [0.1, 0.15) is 5.82 Å². The molecule has 128 valence electrons. The Balaban J connectivity index is 2.37. The van der Waals surface area contributed by atoms with Crippen LogP contribution in [0.25, 0.3) is 16.6 Å². The number of fused-ring (bicyclic) bond motifs is 1. The van der Waals surface area contributed by atoms with E-state index in [1.807, 2.05) is 6.07 Å². The normalized spacial score (nSPS) is 10.8. The molecule has 0 spiro atoms. The monoisotopic (exact) mass is 420 g/mol. The van der Waals surface area contributed by atoms with Crippen LogP contribution in [-0.4, -0.2) is 28.3 Å². The first kappa shape index (κ1) is 17.6. The Bertz CT molecular complexity index is 1020. The van der Waals surface area contributed by atoms with Gasteiger partial charge in [0.2, 0.25) is 0 Å². The Morgan fingerprint density at radius 3 is 2.76 bits per heavy atom. The second-order valence-corrected chi connectivity index (χ2v) is 6.53. The van der Waals surface area contributed by atoms with Gasteiger partial charge in [0.1, 0.15) is 11.6 Å². The lowest BCUT2D eigenvalue weighted by Crippen LogP contribution is -2.26. The highest BCUT2D eigenvalue weighted by Crippen LogP contribution is 2.24. The minimum Gasteiger partial charge on any atom is -0.495 e. The van der Waals surface area contributed by atoms with Gasteiger partial charge in [0.05, 0.1) is 36.0 Å². The molecule has 0 atom stereocenters. The number of carbonyl (C=O) groups is 1. The zero-order chi connectivity index (χ0) is 18.0. The number of carbonyl (C=O) groups excluding carboxylic acids is 1. The number of benzene rings is 2. The fourth-order valence-electron chi connectivity index (χ4n) is 2.61. The van der Waals surface area contributed by atoms with Gasteiger partial charge < -0.3 is 4.74 Å². The van der Waals surface area contributed by atoms with Crippen LogP contribution in [0.5, 0.6) is 5.75 Å². The molecule has 3 rings (SSSR count). The molecule has 0 aliphatic rings. The molecule has 0 amide bonds. The second kappa shape index (κ2) is 7.37. The molecule has 5 nitrogen and oxygen atoms in total. The zero-order valence-electron chi connectivity index (χ0n) is 13.3. The second-order valence-electron chi connectivity index (χ2n) is 5.35. The number of nitrogens with zero attached hydrogens (tertiary/aromatic N) is 2. The van der Waals surface area contributed by atoms with E-state index in [-0.39, 0.29) is 23.6 Å². The number of methoxy groups -OCH3 is 1. The third kappa shape index (κ3) is 3.45. The highest BCUT2D eigenvalue weighted by molar-refractivity contribution is 9.10. The maximum atomic E-state index is 13.1. The predicted octanol–water partition coefficient (Wildman–Crippen LogP) is 3.51. The van der Waals surface area contributed by atoms with E-state index in [0.29, 0.717) is 28.2 Å². The lowest BCUT2D eigenvalue weighted by Gasteiger charge is -2.15. The van der Waals surface area contributed by atoms with E-state index in [1.54, 1.807) is 36.4 Å². The van der Waals surface area contributed by atoms with E-state index in [2.05, 4.69) is 20.9 Å². The van der Waals surface area contributed by atoms with Gasteiger partial charge in [-0.2, -0.15) is 0 Å². The first-order chi connectivity index (χ1) is 12.0. The van der Waals surface area contributed by atoms with Crippen molar-refractivity contribution in [3.05, 3.63) is 63.1 Å². The number of para-hydroxylation sites is 2. The number of alkyl halides is 1. The van der Waals surface area contributed by atoms with Crippen LogP contribution < -0.4 is 10.3 Å². The SMILES string of the molecule is COc1ccccc1-n1c(CC(=O)CCl)nc2ccc(Br)cc2c1=O. The molecule has 2 aromatic carbocycles. The van der Waals surface area contributed by atoms with Crippen molar-refractivity contribution in [2.45, 2.75) is 6.42 Å². The summed E-state index contributed by atoms with van der Waals surface area (Å²) in [5, 5.41) is 0.447. The Labute approximate surface area is 157 Å². The smallest absolute Gasteiger partial charge is 0.266 e. The molecule has 1 heterocycles. The van der Waals surface area contributed by atoms with Crippen molar-refractivity contribution in [1.82, 2.24) is 9.55 Å². The van der Waals surface area contributed by atoms with Gasteiger partial charge in [0.25, 0.3) is 5.56 Å². The molecular weight excluding hydrogens is 408 g/mol. The highest BCUT2D eigenvalue weighted by atomic mass is 79.9. The molecule has 0 saturated heterocycles. The fourth-order valence-corrected chi connectivity index (χ4v) is 3.06. The van der Waals surface area contributed by atoms with Crippen LogP contribution in [0.3, 0.4) is 0 Å². The fraction of sp³-hybridized carbons (Fsp3) is 0.167. The zero-order valence-corrected chi connectivity index (χ0v) is 15.7. The molecule has 0 unspecified atom stereocenters. The number of Topliss-reactive ketones (excluding diaryl/α,β-unsaturated/α-hetero) is 1. The summed E-state index contributed by atoms with van der Waals surface area (Å²) in [7, 11) is 1.53. The quantitative estimate of drug-likeness (QED) is 0.592. The minimum atomic E-state index is -0.270. The van der Waals surface area contributed by atoms with Crippen molar-refractivity contribution >= 4 is 44.2 Å². The van der Waals surface area contributed by atoms with E-state index < -0.39 is 0 Å². The van der Waals surface area contributed by atoms with Crippen molar-refractivity contribution < 1.29 is 9.53 Å². The Kier molecular flexibility index (Phi) is 5.20. The molecule has 0 saturated carbocycles. The Hall–Kier alpha value is -2.18. The number of ether oxygens (including phenoxy) is 1. The minimum absolute atomic E-state index is 0.0389. The number of hydrogen-bond donors (Lipinski definition) is 0. The third-order valence-corrected chi connectivity index (χ3v) is 4.52. The number of hydrogen-bond acceptors (Lipinski definition) is 4. The van der Waals surface area contributed by atoms with Gasteiger partial charge >= 0.3 is 0 Å². The molecule has 0 aliphatic heterocycles. The summed E-state index contributed by atoms with van der Waals surface area (Å²) in [6, 6.07) is 12.4. The van der Waals surface area contributed by atoms with Gasteiger partial charge in [0.15, 0.2) is 5.78 Å². The first-order valence-electron chi connectivity index (χ1n) is 7.47. The van der Waals surface area contributed by atoms with Crippen molar-refractivity contribution in [1.29, 1.82) is 0 Å². The lowest BCUT2D eigenvalue weighted by molar-refractivity contribution is -0.116. The summed E-state index contributed by atoms with van der Waals surface area (Å²) in [4.78, 5) is 29.6. The van der Waals surface area contributed by atoms with Gasteiger partial charge in [-0.15, -0.1) is 11.6 Å². The molecule has 1 aromatic heterocycles. The van der Waals surface area contributed by atoms with Crippen LogP contribution in [0.15, 0.2) is 51.7 Å². The summed E-state index contributed by atoms with van der Waals surface area (Å²) >= 11 is 9.02. The highest BCUT2D eigenvalue weighted by Gasteiger charge is 2.17. The Morgan fingerprint density at radius 2 is 2.04 bits per heavy atom. The predicted molar refractivity (Wildman–Crippen MR) is 101 cm³/mol. The molecule has 0 radical (unpaired) electrons. The van der Waals surface area contributed by atoms with E-state index in [9.17, 15) is 9.59 Å². The summed E-state index contributed by atoms with van der Waals surface area (Å²) < 4.78 is 7.56. The molecule has 0 aliphatic carbocycles. The van der Waals surface area contributed by atoms with Crippen LogP contribution >= 0.6 is 27.5 Å². The first-order valence-corrected chi connectivity index (χ1v) is 8.80. The van der Waals surface area contributed by atoms with Gasteiger partial charge in [-0.1, -0.05) is 28.1 Å². The average Bonchev–Trinajstić information content (AvgIpc) is 2.62. The van der Waals surface area contributed by atoms with Crippen molar-refractivity contribution in [3.8, 4) is 11.4 Å². The van der Waals surface area contributed by atoms with Gasteiger partial charge in [-0.05, 0) is 30.3 Å². The largest absolute Gasteiger partial charge is 0.495 e. The molecule has 0 fully saturated rings. The lowest BCUT2D eigenvalue weighted by atomic mass is 10.2. The molecule has 7 heteroatoms. The summed E-state index contributed by atoms with van der Waals surface area (Å²) in [5.41, 5.74) is 0.784. The molecule has 3 aromatic rings.